The maximum absolute atomic E-state index is 12.7. The van der Waals surface area contributed by atoms with Crippen LogP contribution in [0.5, 0.6) is 11.5 Å². The molecule has 0 fully saturated rings. The Labute approximate surface area is 156 Å². The van der Waals surface area contributed by atoms with Crippen molar-refractivity contribution < 1.29 is 23.1 Å². The van der Waals surface area contributed by atoms with Crippen LogP contribution in [-0.2, 0) is 14.8 Å². The zero-order valence-electron chi connectivity index (χ0n) is 14.1. The summed E-state index contributed by atoms with van der Waals surface area (Å²) in [5.41, 5.74) is 0.345. The summed E-state index contributed by atoms with van der Waals surface area (Å²) in [5, 5.41) is 10.1. The summed E-state index contributed by atoms with van der Waals surface area (Å²) in [6.45, 7) is 3.56. The number of carbonyl (C=O) groups is 1. The van der Waals surface area contributed by atoms with Gasteiger partial charge in [-0.15, -0.1) is 0 Å². The average molecular weight is 397 g/mol. The van der Waals surface area contributed by atoms with Crippen LogP contribution in [0.2, 0.25) is 5.02 Å². The molecule has 1 aliphatic rings. The van der Waals surface area contributed by atoms with Crippen molar-refractivity contribution in [2.45, 2.75) is 24.8 Å². The molecule has 0 saturated heterocycles. The molecule has 26 heavy (non-hydrogen) atoms. The summed E-state index contributed by atoms with van der Waals surface area (Å²) in [5.74, 6) is -0.0293. The number of hydrogen-bond acceptors (Lipinski definition) is 5. The second kappa shape index (κ2) is 6.69. The van der Waals surface area contributed by atoms with Gasteiger partial charge in [0, 0.05) is 11.9 Å². The lowest BCUT2D eigenvalue weighted by Crippen LogP contribution is -2.41. The minimum absolute atomic E-state index is 0.0384. The van der Waals surface area contributed by atoms with Gasteiger partial charge in [-0.05, 0) is 43.3 Å². The molecule has 2 aromatic rings. The van der Waals surface area contributed by atoms with Crippen LogP contribution in [0.4, 0.5) is 11.4 Å². The summed E-state index contributed by atoms with van der Waals surface area (Å²) in [6.07, 6.45) is -0.199. The third kappa shape index (κ3) is 3.56. The SMILES string of the molecule is CC(=O)N1CC(C)Oc2ccc(S(=O)(=O)Nc3cc(Cl)ccc3O)cc21. The van der Waals surface area contributed by atoms with Gasteiger partial charge in [0.05, 0.1) is 22.8 Å². The van der Waals surface area contributed by atoms with E-state index in [-0.39, 0.29) is 33.4 Å². The lowest BCUT2D eigenvalue weighted by atomic mass is 10.2. The Kier molecular flexibility index (Phi) is 4.72. The minimum atomic E-state index is -4.01. The van der Waals surface area contributed by atoms with E-state index >= 15 is 0 Å². The van der Waals surface area contributed by atoms with E-state index in [2.05, 4.69) is 4.72 Å². The van der Waals surface area contributed by atoms with Gasteiger partial charge < -0.3 is 14.7 Å². The molecule has 7 nitrogen and oxygen atoms in total. The summed E-state index contributed by atoms with van der Waals surface area (Å²) in [7, 11) is -4.01. The van der Waals surface area contributed by atoms with E-state index in [0.717, 1.165) is 0 Å². The van der Waals surface area contributed by atoms with Gasteiger partial charge in [-0.25, -0.2) is 8.42 Å². The van der Waals surface area contributed by atoms with Crippen LogP contribution in [0.1, 0.15) is 13.8 Å². The van der Waals surface area contributed by atoms with E-state index in [1.54, 1.807) is 0 Å². The Morgan fingerprint density at radius 2 is 2.04 bits per heavy atom. The Balaban J connectivity index is 2.00. The topological polar surface area (TPSA) is 95.9 Å². The first-order chi connectivity index (χ1) is 12.2. The highest BCUT2D eigenvalue weighted by atomic mass is 35.5. The van der Waals surface area contributed by atoms with E-state index in [1.165, 1.54) is 48.2 Å². The van der Waals surface area contributed by atoms with Gasteiger partial charge in [-0.2, -0.15) is 0 Å². The number of nitrogens with one attached hydrogen (secondary N) is 1. The fourth-order valence-corrected chi connectivity index (χ4v) is 3.93. The van der Waals surface area contributed by atoms with Crippen LogP contribution in [0.3, 0.4) is 0 Å². The van der Waals surface area contributed by atoms with Gasteiger partial charge in [-0.3, -0.25) is 9.52 Å². The molecule has 2 aromatic carbocycles. The Bertz CT molecular complexity index is 977. The molecular weight excluding hydrogens is 380 g/mol. The van der Waals surface area contributed by atoms with Crippen molar-refractivity contribution in [3.63, 3.8) is 0 Å². The van der Waals surface area contributed by atoms with Crippen molar-refractivity contribution in [3.05, 3.63) is 41.4 Å². The summed E-state index contributed by atoms with van der Waals surface area (Å²) in [4.78, 5) is 13.3. The molecule has 0 aromatic heterocycles. The Hall–Kier alpha value is -2.45. The third-order valence-corrected chi connectivity index (χ3v) is 5.48. The largest absolute Gasteiger partial charge is 0.506 e. The maximum Gasteiger partial charge on any atom is 0.262 e. The maximum atomic E-state index is 12.7. The van der Waals surface area contributed by atoms with Crippen molar-refractivity contribution in [2.75, 3.05) is 16.2 Å². The highest BCUT2D eigenvalue weighted by molar-refractivity contribution is 7.92. The smallest absolute Gasteiger partial charge is 0.262 e. The molecule has 0 spiro atoms. The number of anilines is 2. The molecular formula is C17H17ClN2O5S. The summed E-state index contributed by atoms with van der Waals surface area (Å²) >= 11 is 5.85. The number of phenolic OH excluding ortho intramolecular Hbond substituents is 1. The average Bonchev–Trinajstić information content (AvgIpc) is 2.56. The number of benzene rings is 2. The molecule has 9 heteroatoms. The number of halogens is 1. The molecule has 0 radical (unpaired) electrons. The van der Waals surface area contributed by atoms with Crippen molar-refractivity contribution in [2.24, 2.45) is 0 Å². The van der Waals surface area contributed by atoms with Gasteiger partial charge in [0.1, 0.15) is 17.6 Å². The Morgan fingerprint density at radius 1 is 1.31 bits per heavy atom. The number of nitrogens with zero attached hydrogens (tertiary/aromatic N) is 1. The number of ether oxygens (including phenoxy) is 1. The van der Waals surface area contributed by atoms with Gasteiger partial charge in [0.15, 0.2) is 0 Å². The van der Waals surface area contributed by atoms with E-state index in [0.29, 0.717) is 18.0 Å². The Morgan fingerprint density at radius 3 is 2.73 bits per heavy atom. The number of rotatable bonds is 3. The second-order valence-corrected chi connectivity index (χ2v) is 8.07. The molecule has 1 amide bonds. The lowest BCUT2D eigenvalue weighted by molar-refractivity contribution is -0.117. The zero-order valence-corrected chi connectivity index (χ0v) is 15.6. The van der Waals surface area contributed by atoms with Gasteiger partial charge >= 0.3 is 0 Å². The predicted octanol–water partition coefficient (Wildman–Crippen LogP) is 2.98. The van der Waals surface area contributed by atoms with Gasteiger partial charge in [-0.1, -0.05) is 11.6 Å². The van der Waals surface area contributed by atoms with E-state index in [9.17, 15) is 18.3 Å². The van der Waals surface area contributed by atoms with Crippen LogP contribution in [0.25, 0.3) is 0 Å². The van der Waals surface area contributed by atoms with E-state index < -0.39 is 10.0 Å². The fourth-order valence-electron chi connectivity index (χ4n) is 2.68. The number of carbonyl (C=O) groups excluding carboxylic acids is 1. The molecule has 1 unspecified atom stereocenters. The molecule has 3 rings (SSSR count). The first-order valence-corrected chi connectivity index (χ1v) is 9.63. The number of fused-ring (bicyclic) bond motifs is 1. The number of sulfonamides is 1. The summed E-state index contributed by atoms with van der Waals surface area (Å²) in [6, 6.07) is 8.29. The quantitative estimate of drug-likeness (QED) is 0.777. The van der Waals surface area contributed by atoms with Crippen LogP contribution < -0.4 is 14.4 Å². The van der Waals surface area contributed by atoms with Crippen LogP contribution in [0, 0.1) is 0 Å². The molecule has 0 bridgehead atoms. The number of hydrogen-bond donors (Lipinski definition) is 2. The van der Waals surface area contributed by atoms with Crippen molar-refractivity contribution in [1.29, 1.82) is 0 Å². The minimum Gasteiger partial charge on any atom is -0.506 e. The van der Waals surface area contributed by atoms with Crippen LogP contribution in [-0.4, -0.2) is 32.1 Å². The van der Waals surface area contributed by atoms with Crippen molar-refractivity contribution in [3.8, 4) is 11.5 Å². The fraction of sp³-hybridized carbons (Fsp3) is 0.235. The summed E-state index contributed by atoms with van der Waals surface area (Å²) < 4.78 is 33.3. The molecule has 1 heterocycles. The van der Waals surface area contributed by atoms with Gasteiger partial charge in [0.25, 0.3) is 10.0 Å². The molecule has 138 valence electrons. The molecule has 1 atom stereocenters. The molecule has 0 saturated carbocycles. The third-order valence-electron chi connectivity index (χ3n) is 3.88. The number of amides is 1. The highest BCUT2D eigenvalue weighted by Gasteiger charge is 2.28. The van der Waals surface area contributed by atoms with E-state index in [4.69, 9.17) is 16.3 Å². The first kappa shape index (κ1) is 18.3. The molecule has 0 aliphatic carbocycles. The number of aromatic hydroxyl groups is 1. The van der Waals surface area contributed by atoms with E-state index in [1.807, 2.05) is 6.92 Å². The van der Waals surface area contributed by atoms with Gasteiger partial charge in [0.2, 0.25) is 5.91 Å². The monoisotopic (exact) mass is 396 g/mol. The molecule has 2 N–H and O–H groups in total. The second-order valence-electron chi connectivity index (χ2n) is 5.95. The predicted molar refractivity (Wildman–Crippen MR) is 98.5 cm³/mol. The van der Waals surface area contributed by atoms with Crippen molar-refractivity contribution in [1.82, 2.24) is 0 Å². The zero-order chi connectivity index (χ0) is 19.1. The number of phenols is 1. The normalized spacial score (nSPS) is 16.6. The standard InChI is InChI=1S/C17H17ClN2O5S/c1-10-9-20(11(2)21)15-8-13(4-6-17(15)25-10)26(23,24)19-14-7-12(18)3-5-16(14)22/h3-8,10,19,22H,9H2,1-2H3. The molecule has 1 aliphatic heterocycles. The van der Waals surface area contributed by atoms with Crippen molar-refractivity contribution >= 4 is 38.9 Å². The van der Waals surface area contributed by atoms with Crippen LogP contribution >= 0.6 is 11.6 Å². The highest BCUT2D eigenvalue weighted by Crippen LogP contribution is 2.36. The lowest BCUT2D eigenvalue weighted by Gasteiger charge is -2.33. The van der Waals surface area contributed by atoms with Crippen LogP contribution in [0.15, 0.2) is 41.3 Å². The first-order valence-electron chi connectivity index (χ1n) is 7.77.